The van der Waals surface area contributed by atoms with Crippen molar-refractivity contribution < 1.29 is 18.0 Å². The number of fused-ring (bicyclic) bond motifs is 2. The molecule has 1 N–H and O–H groups in total. The summed E-state index contributed by atoms with van der Waals surface area (Å²) in [6, 6.07) is 8.07. The summed E-state index contributed by atoms with van der Waals surface area (Å²) in [5, 5.41) is 4.30. The number of thiophene rings is 1. The van der Waals surface area contributed by atoms with E-state index in [2.05, 4.69) is 20.5 Å². The smallest absolute Gasteiger partial charge is 0.267 e. The zero-order valence-corrected chi connectivity index (χ0v) is 19.9. The van der Waals surface area contributed by atoms with Gasteiger partial charge in [0.15, 0.2) is 5.65 Å². The highest BCUT2D eigenvalue weighted by atomic mass is 32.1. The van der Waals surface area contributed by atoms with Crippen molar-refractivity contribution in [3.05, 3.63) is 80.7 Å². The molecule has 0 bridgehead atoms. The van der Waals surface area contributed by atoms with E-state index in [1.165, 1.54) is 35.6 Å². The van der Waals surface area contributed by atoms with Gasteiger partial charge in [-0.05, 0) is 49.7 Å². The van der Waals surface area contributed by atoms with E-state index in [4.69, 9.17) is 0 Å². The molecule has 1 aromatic carbocycles. The number of carbonyl (C=O) groups excluding carboxylic acids is 1. The summed E-state index contributed by atoms with van der Waals surface area (Å²) in [6.07, 6.45) is -0.0892. The van der Waals surface area contributed by atoms with Crippen molar-refractivity contribution >= 4 is 33.1 Å². The Kier molecular flexibility index (Phi) is 6.04. The lowest BCUT2D eigenvalue weighted by Gasteiger charge is -2.11. The zero-order chi connectivity index (χ0) is 25.6. The maximum absolute atomic E-state index is 13.8. The predicted molar refractivity (Wildman–Crippen MR) is 130 cm³/mol. The van der Waals surface area contributed by atoms with Crippen LogP contribution < -0.4 is 11.0 Å². The molecule has 0 aliphatic rings. The SMILES string of the molecule is CCCc1cc2c(=O)n(NC(=O)c3cnn4c(C(F)F)cc(-c5ccc(F)cc5)nc34)c(C)nc2s1. The van der Waals surface area contributed by atoms with Crippen molar-refractivity contribution in [3.63, 3.8) is 0 Å². The molecule has 0 saturated carbocycles. The molecule has 4 aromatic heterocycles. The molecule has 5 aromatic rings. The van der Waals surface area contributed by atoms with Crippen molar-refractivity contribution in [1.29, 1.82) is 0 Å². The Labute approximate surface area is 206 Å². The Morgan fingerprint density at radius 3 is 2.61 bits per heavy atom. The fourth-order valence-corrected chi connectivity index (χ4v) is 5.03. The lowest BCUT2D eigenvalue weighted by molar-refractivity contribution is 0.101. The lowest BCUT2D eigenvalue weighted by atomic mass is 10.1. The molecule has 12 heteroatoms. The van der Waals surface area contributed by atoms with Crippen LogP contribution in [0.2, 0.25) is 0 Å². The van der Waals surface area contributed by atoms with Crippen LogP contribution in [0.5, 0.6) is 0 Å². The fraction of sp³-hybridized carbons (Fsp3) is 0.208. The molecule has 36 heavy (non-hydrogen) atoms. The van der Waals surface area contributed by atoms with Crippen LogP contribution in [0.1, 0.15) is 46.5 Å². The van der Waals surface area contributed by atoms with Crippen LogP contribution in [0.15, 0.2) is 47.4 Å². The molecule has 0 radical (unpaired) electrons. The number of alkyl halides is 2. The van der Waals surface area contributed by atoms with Gasteiger partial charge in [0, 0.05) is 10.4 Å². The maximum Gasteiger partial charge on any atom is 0.281 e. The third-order valence-corrected chi connectivity index (χ3v) is 6.69. The minimum Gasteiger partial charge on any atom is -0.267 e. The number of rotatable bonds is 6. The molecule has 0 aliphatic carbocycles. The Hall–Kier alpha value is -4.06. The van der Waals surface area contributed by atoms with Gasteiger partial charge in [0.05, 0.1) is 17.3 Å². The van der Waals surface area contributed by atoms with Gasteiger partial charge in [0.1, 0.15) is 27.7 Å². The molecule has 0 saturated heterocycles. The minimum atomic E-state index is -2.92. The van der Waals surface area contributed by atoms with Crippen LogP contribution >= 0.6 is 11.3 Å². The van der Waals surface area contributed by atoms with Crippen LogP contribution in [-0.2, 0) is 6.42 Å². The first-order valence-corrected chi connectivity index (χ1v) is 11.8. The van der Waals surface area contributed by atoms with Crippen molar-refractivity contribution in [2.45, 2.75) is 33.1 Å². The van der Waals surface area contributed by atoms with E-state index in [9.17, 15) is 22.8 Å². The average molecular weight is 513 g/mol. The van der Waals surface area contributed by atoms with Gasteiger partial charge in [0.2, 0.25) is 0 Å². The zero-order valence-electron chi connectivity index (χ0n) is 19.1. The highest BCUT2D eigenvalue weighted by Crippen LogP contribution is 2.27. The van der Waals surface area contributed by atoms with Gasteiger partial charge in [-0.3, -0.25) is 15.0 Å². The third kappa shape index (κ3) is 4.13. The number of hydrogen-bond donors (Lipinski definition) is 1. The fourth-order valence-electron chi connectivity index (χ4n) is 3.87. The van der Waals surface area contributed by atoms with E-state index in [0.29, 0.717) is 15.8 Å². The standard InChI is InChI=1S/C24H19F3N6O2S/c1-3-4-15-9-16-23(36-15)29-12(2)32(24(16)35)31-22(34)17-11-28-33-19(20(26)27)10-18(30-21(17)33)13-5-7-14(25)8-6-13/h5-11,20H,3-4H2,1-2H3,(H,31,34). The van der Waals surface area contributed by atoms with Crippen LogP contribution in [0.4, 0.5) is 13.2 Å². The van der Waals surface area contributed by atoms with E-state index in [1.807, 2.05) is 6.92 Å². The number of benzene rings is 1. The monoisotopic (exact) mass is 512 g/mol. The van der Waals surface area contributed by atoms with E-state index < -0.39 is 29.4 Å². The quantitative estimate of drug-likeness (QED) is 0.350. The molecule has 4 heterocycles. The minimum absolute atomic E-state index is 0.116. The number of carbonyl (C=O) groups is 1. The molecule has 8 nitrogen and oxygen atoms in total. The number of amides is 1. The van der Waals surface area contributed by atoms with Crippen LogP contribution in [0.25, 0.3) is 27.1 Å². The Balaban J connectivity index is 1.58. The number of aryl methyl sites for hydroxylation is 2. The molecular weight excluding hydrogens is 493 g/mol. The summed E-state index contributed by atoms with van der Waals surface area (Å²) in [6.45, 7) is 3.61. The highest BCUT2D eigenvalue weighted by molar-refractivity contribution is 7.18. The number of aromatic nitrogens is 5. The van der Waals surface area contributed by atoms with E-state index >= 15 is 0 Å². The van der Waals surface area contributed by atoms with Crippen molar-refractivity contribution in [2.24, 2.45) is 0 Å². The largest absolute Gasteiger partial charge is 0.281 e. The molecule has 0 atom stereocenters. The van der Waals surface area contributed by atoms with Gasteiger partial charge < -0.3 is 0 Å². The van der Waals surface area contributed by atoms with Crippen molar-refractivity contribution in [2.75, 3.05) is 5.43 Å². The molecule has 1 amide bonds. The molecule has 184 valence electrons. The maximum atomic E-state index is 13.8. The van der Waals surface area contributed by atoms with Gasteiger partial charge in [0.25, 0.3) is 17.9 Å². The second-order valence-electron chi connectivity index (χ2n) is 8.09. The summed E-state index contributed by atoms with van der Waals surface area (Å²) in [7, 11) is 0. The Bertz CT molecular complexity index is 1670. The topological polar surface area (TPSA) is 94.2 Å². The second-order valence-corrected chi connectivity index (χ2v) is 9.20. The van der Waals surface area contributed by atoms with Crippen LogP contribution in [-0.4, -0.2) is 30.2 Å². The number of hydrogen-bond acceptors (Lipinski definition) is 6. The predicted octanol–water partition coefficient (Wildman–Crippen LogP) is 4.89. The number of nitrogens with zero attached hydrogens (tertiary/aromatic N) is 5. The molecule has 0 spiro atoms. The summed E-state index contributed by atoms with van der Waals surface area (Å²) in [4.78, 5) is 36.6. The van der Waals surface area contributed by atoms with Crippen LogP contribution in [0, 0.1) is 12.7 Å². The van der Waals surface area contributed by atoms with E-state index in [1.54, 1.807) is 13.0 Å². The highest BCUT2D eigenvalue weighted by Gasteiger charge is 2.23. The molecule has 0 aliphatic heterocycles. The second kappa shape index (κ2) is 9.19. The lowest BCUT2D eigenvalue weighted by Crippen LogP contribution is -2.35. The number of halogens is 3. The normalized spacial score (nSPS) is 11.6. The molecular formula is C24H19F3N6O2S. The molecule has 5 rings (SSSR count). The van der Waals surface area contributed by atoms with E-state index in [0.717, 1.165) is 39.2 Å². The molecule has 0 unspecified atom stereocenters. The summed E-state index contributed by atoms with van der Waals surface area (Å²) in [5.74, 6) is -1.00. The van der Waals surface area contributed by atoms with Gasteiger partial charge >= 0.3 is 0 Å². The Morgan fingerprint density at radius 1 is 1.17 bits per heavy atom. The van der Waals surface area contributed by atoms with Gasteiger partial charge in [-0.1, -0.05) is 13.3 Å². The summed E-state index contributed by atoms with van der Waals surface area (Å²) < 4.78 is 42.9. The average Bonchev–Trinajstić information content (AvgIpc) is 3.45. The number of nitrogens with one attached hydrogen (secondary N) is 1. The first-order chi connectivity index (χ1) is 17.3. The van der Waals surface area contributed by atoms with Crippen molar-refractivity contribution in [1.82, 2.24) is 24.3 Å². The summed E-state index contributed by atoms with van der Waals surface area (Å²) in [5.41, 5.74) is 1.81. The first kappa shape index (κ1) is 23.7. The van der Waals surface area contributed by atoms with Gasteiger partial charge in [-0.25, -0.2) is 32.3 Å². The molecule has 0 fully saturated rings. The van der Waals surface area contributed by atoms with Gasteiger partial charge in [-0.15, -0.1) is 11.3 Å². The van der Waals surface area contributed by atoms with Crippen LogP contribution in [0.3, 0.4) is 0 Å². The summed E-state index contributed by atoms with van der Waals surface area (Å²) >= 11 is 1.43. The van der Waals surface area contributed by atoms with Crippen molar-refractivity contribution in [3.8, 4) is 11.3 Å². The third-order valence-electron chi connectivity index (χ3n) is 5.60. The first-order valence-electron chi connectivity index (χ1n) is 11.0. The van der Waals surface area contributed by atoms with E-state index in [-0.39, 0.29) is 22.7 Å². The van der Waals surface area contributed by atoms with Gasteiger partial charge in [-0.2, -0.15) is 5.10 Å². The Morgan fingerprint density at radius 2 is 1.92 bits per heavy atom.